The highest BCUT2D eigenvalue weighted by Crippen LogP contribution is 2.41. The Balaban J connectivity index is 1.70. The smallest absolute Gasteiger partial charge is 0.371 e. The number of hydrogen-bond donors (Lipinski definition) is 0. The van der Waals surface area contributed by atoms with Gasteiger partial charge in [0.1, 0.15) is 6.10 Å². The van der Waals surface area contributed by atoms with Gasteiger partial charge in [0, 0.05) is 20.8 Å². The highest BCUT2D eigenvalue weighted by atomic mass is 79.9. The largest absolute Gasteiger partial charge is 0.416 e. The quantitative estimate of drug-likeness (QED) is 0.575. The molecule has 1 saturated heterocycles. The standard InChI is InChI=1S/C16H12BrClF3NOS/c17-12-4-5-22-15(14(12)18)13-7-11(8-23-13)24-10-3-1-2-9(6-10)16(19,20)21/h1-6,11,13H,7-8H2. The average Bonchev–Trinajstić information content (AvgIpc) is 2.98. The summed E-state index contributed by atoms with van der Waals surface area (Å²) in [7, 11) is 0. The van der Waals surface area contributed by atoms with Crippen LogP contribution in [0.2, 0.25) is 5.02 Å². The van der Waals surface area contributed by atoms with E-state index in [9.17, 15) is 13.2 Å². The first kappa shape index (κ1) is 18.0. The van der Waals surface area contributed by atoms with Gasteiger partial charge in [-0.2, -0.15) is 13.2 Å². The molecule has 3 rings (SSSR count). The molecule has 0 N–H and O–H groups in total. The number of halogens is 5. The van der Waals surface area contributed by atoms with Gasteiger partial charge in [0.15, 0.2) is 0 Å². The molecule has 1 aliphatic rings. The zero-order chi connectivity index (χ0) is 17.3. The Hall–Kier alpha value is -0.760. The van der Waals surface area contributed by atoms with Gasteiger partial charge in [0.05, 0.1) is 22.9 Å². The number of nitrogens with zero attached hydrogens (tertiary/aromatic N) is 1. The van der Waals surface area contributed by atoms with Crippen molar-refractivity contribution in [2.75, 3.05) is 6.61 Å². The molecule has 0 spiro atoms. The number of rotatable bonds is 3. The molecule has 1 fully saturated rings. The molecular weight excluding hydrogens is 427 g/mol. The van der Waals surface area contributed by atoms with E-state index < -0.39 is 11.7 Å². The van der Waals surface area contributed by atoms with Crippen LogP contribution in [-0.4, -0.2) is 16.8 Å². The molecule has 2 unspecified atom stereocenters. The summed E-state index contributed by atoms with van der Waals surface area (Å²) in [5, 5.41) is 0.558. The van der Waals surface area contributed by atoms with Crippen molar-refractivity contribution < 1.29 is 17.9 Å². The van der Waals surface area contributed by atoms with E-state index in [1.54, 1.807) is 18.3 Å². The van der Waals surface area contributed by atoms with Crippen LogP contribution in [0.15, 0.2) is 45.9 Å². The molecule has 0 bridgehead atoms. The van der Waals surface area contributed by atoms with Crippen LogP contribution < -0.4 is 0 Å². The van der Waals surface area contributed by atoms with Crippen molar-refractivity contribution in [3.05, 3.63) is 57.3 Å². The Bertz CT molecular complexity index is 744. The minimum atomic E-state index is -4.33. The Labute approximate surface area is 154 Å². The molecule has 2 heterocycles. The summed E-state index contributed by atoms with van der Waals surface area (Å²) in [6, 6.07) is 7.09. The first-order chi connectivity index (χ1) is 11.3. The van der Waals surface area contributed by atoms with Crippen molar-refractivity contribution in [3.8, 4) is 0 Å². The lowest BCUT2D eigenvalue weighted by molar-refractivity contribution is -0.137. The van der Waals surface area contributed by atoms with E-state index >= 15 is 0 Å². The van der Waals surface area contributed by atoms with Gasteiger partial charge < -0.3 is 4.74 Å². The number of aromatic nitrogens is 1. The van der Waals surface area contributed by atoms with Crippen LogP contribution in [0, 0.1) is 0 Å². The van der Waals surface area contributed by atoms with Gasteiger partial charge in [-0.3, -0.25) is 4.98 Å². The zero-order valence-electron chi connectivity index (χ0n) is 12.2. The highest BCUT2D eigenvalue weighted by molar-refractivity contribution is 9.10. The first-order valence-corrected chi connectivity index (χ1v) is 9.15. The number of thioether (sulfide) groups is 1. The Morgan fingerprint density at radius 2 is 2.08 bits per heavy atom. The van der Waals surface area contributed by atoms with Crippen LogP contribution in [0.3, 0.4) is 0 Å². The predicted octanol–water partition coefficient (Wildman–Crippen LogP) is 6.14. The average molecular weight is 439 g/mol. The molecule has 2 atom stereocenters. The van der Waals surface area contributed by atoms with Gasteiger partial charge in [-0.25, -0.2) is 0 Å². The molecular formula is C16H12BrClF3NOS. The fourth-order valence-electron chi connectivity index (χ4n) is 2.47. The molecule has 8 heteroatoms. The van der Waals surface area contributed by atoms with Gasteiger partial charge in [-0.05, 0) is 46.6 Å². The second-order valence-electron chi connectivity index (χ2n) is 5.32. The molecule has 1 aliphatic heterocycles. The molecule has 2 aromatic rings. The maximum Gasteiger partial charge on any atom is 0.416 e. The Morgan fingerprint density at radius 3 is 2.83 bits per heavy atom. The maximum absolute atomic E-state index is 12.8. The Morgan fingerprint density at radius 1 is 1.29 bits per heavy atom. The number of hydrogen-bond acceptors (Lipinski definition) is 3. The second-order valence-corrected chi connectivity index (χ2v) is 7.92. The summed E-state index contributed by atoms with van der Waals surface area (Å²) in [6.45, 7) is 0.441. The first-order valence-electron chi connectivity index (χ1n) is 7.10. The second kappa shape index (κ2) is 7.23. The lowest BCUT2D eigenvalue weighted by Crippen LogP contribution is -2.05. The number of alkyl halides is 3. The van der Waals surface area contributed by atoms with E-state index in [0.717, 1.165) is 10.5 Å². The van der Waals surface area contributed by atoms with E-state index in [-0.39, 0.29) is 11.4 Å². The third kappa shape index (κ3) is 4.07. The molecule has 2 nitrogen and oxygen atoms in total. The summed E-state index contributed by atoms with van der Waals surface area (Å²) in [6.07, 6.45) is -2.30. The van der Waals surface area contributed by atoms with E-state index in [1.807, 2.05) is 0 Å². The van der Waals surface area contributed by atoms with Gasteiger partial charge in [-0.15, -0.1) is 11.8 Å². The molecule has 0 amide bonds. The van der Waals surface area contributed by atoms with E-state index in [0.29, 0.717) is 28.6 Å². The molecule has 1 aromatic heterocycles. The van der Waals surface area contributed by atoms with Crippen molar-refractivity contribution in [1.29, 1.82) is 0 Å². The van der Waals surface area contributed by atoms with E-state index in [1.165, 1.54) is 23.9 Å². The van der Waals surface area contributed by atoms with Crippen LogP contribution in [-0.2, 0) is 10.9 Å². The van der Waals surface area contributed by atoms with Crippen molar-refractivity contribution in [1.82, 2.24) is 4.98 Å². The molecule has 0 aliphatic carbocycles. The lowest BCUT2D eigenvalue weighted by Gasteiger charge is -2.12. The Kier molecular flexibility index (Phi) is 5.44. The lowest BCUT2D eigenvalue weighted by atomic mass is 10.1. The van der Waals surface area contributed by atoms with Crippen LogP contribution in [0.25, 0.3) is 0 Å². The molecule has 24 heavy (non-hydrogen) atoms. The molecule has 0 radical (unpaired) electrons. The third-order valence-corrected chi connectivity index (χ3v) is 6.07. The monoisotopic (exact) mass is 437 g/mol. The molecule has 128 valence electrons. The van der Waals surface area contributed by atoms with Gasteiger partial charge >= 0.3 is 6.18 Å². The van der Waals surface area contributed by atoms with E-state index in [2.05, 4.69) is 20.9 Å². The summed E-state index contributed by atoms with van der Waals surface area (Å²) >= 11 is 11.0. The maximum atomic E-state index is 12.8. The summed E-state index contributed by atoms with van der Waals surface area (Å²) in [5.74, 6) is 0. The third-order valence-electron chi connectivity index (χ3n) is 3.60. The SMILES string of the molecule is FC(F)(F)c1cccc(SC2COC(c3nccc(Br)c3Cl)C2)c1. The van der Waals surface area contributed by atoms with Crippen molar-refractivity contribution >= 4 is 39.3 Å². The van der Waals surface area contributed by atoms with Crippen LogP contribution in [0.1, 0.15) is 23.8 Å². The van der Waals surface area contributed by atoms with Crippen molar-refractivity contribution in [2.45, 2.75) is 28.8 Å². The predicted molar refractivity (Wildman–Crippen MR) is 91.3 cm³/mol. The number of pyridine rings is 1. The minimum Gasteiger partial charge on any atom is -0.371 e. The number of benzene rings is 1. The van der Waals surface area contributed by atoms with Gasteiger partial charge in [-0.1, -0.05) is 17.7 Å². The summed E-state index contributed by atoms with van der Waals surface area (Å²) < 4.78 is 44.8. The van der Waals surface area contributed by atoms with Crippen LogP contribution in [0.4, 0.5) is 13.2 Å². The fraction of sp³-hybridized carbons (Fsp3) is 0.312. The summed E-state index contributed by atoms with van der Waals surface area (Å²) in [4.78, 5) is 4.84. The van der Waals surface area contributed by atoms with Crippen molar-refractivity contribution in [3.63, 3.8) is 0 Å². The minimum absolute atomic E-state index is 0.0512. The topological polar surface area (TPSA) is 22.1 Å². The normalized spacial score (nSPS) is 21.2. The van der Waals surface area contributed by atoms with Crippen molar-refractivity contribution in [2.24, 2.45) is 0 Å². The highest BCUT2D eigenvalue weighted by Gasteiger charge is 2.32. The van der Waals surface area contributed by atoms with Crippen LogP contribution >= 0.6 is 39.3 Å². The number of ether oxygens (including phenoxy) is 1. The molecule has 1 aromatic carbocycles. The zero-order valence-corrected chi connectivity index (χ0v) is 15.3. The fourth-order valence-corrected chi connectivity index (χ4v) is 4.18. The van der Waals surface area contributed by atoms with Gasteiger partial charge in [0.2, 0.25) is 0 Å². The van der Waals surface area contributed by atoms with Crippen LogP contribution in [0.5, 0.6) is 0 Å². The van der Waals surface area contributed by atoms with Gasteiger partial charge in [0.25, 0.3) is 0 Å². The summed E-state index contributed by atoms with van der Waals surface area (Å²) in [5.41, 5.74) is 0.0119. The van der Waals surface area contributed by atoms with E-state index in [4.69, 9.17) is 16.3 Å². The molecule has 0 saturated carbocycles.